The molecule has 2 aliphatic rings. The van der Waals surface area contributed by atoms with Crippen molar-refractivity contribution in [2.24, 2.45) is 0 Å². The molecule has 1 N–H and O–H groups in total. The molecule has 0 radical (unpaired) electrons. The number of anilines is 2. The van der Waals surface area contributed by atoms with Gasteiger partial charge in [0, 0.05) is 19.2 Å². The molecule has 2 aromatic rings. The van der Waals surface area contributed by atoms with Crippen molar-refractivity contribution in [2.75, 3.05) is 49.1 Å². The van der Waals surface area contributed by atoms with E-state index in [1.54, 1.807) is 36.9 Å². The van der Waals surface area contributed by atoms with E-state index in [4.69, 9.17) is 27.3 Å². The number of alkyl halides is 3. The summed E-state index contributed by atoms with van der Waals surface area (Å²) in [5.74, 6) is -0.680. The van der Waals surface area contributed by atoms with Gasteiger partial charge < -0.3 is 14.7 Å². The van der Waals surface area contributed by atoms with Crippen molar-refractivity contribution < 1.29 is 37.2 Å². The molecule has 0 unspecified atom stereocenters. The van der Waals surface area contributed by atoms with Crippen molar-refractivity contribution in [3.8, 4) is 11.8 Å². The van der Waals surface area contributed by atoms with Crippen LogP contribution in [-0.4, -0.2) is 82.2 Å². The van der Waals surface area contributed by atoms with Crippen LogP contribution in [0.25, 0.3) is 0 Å². The molecule has 1 fully saturated rings. The number of benzene rings is 2. The van der Waals surface area contributed by atoms with Gasteiger partial charge in [0.05, 0.1) is 36.0 Å². The number of nitriles is 1. The summed E-state index contributed by atoms with van der Waals surface area (Å²) in [7, 11) is 0. The van der Waals surface area contributed by atoms with E-state index < -0.39 is 34.7 Å². The summed E-state index contributed by atoms with van der Waals surface area (Å²) in [6.07, 6.45) is -4.16. The molecule has 0 spiro atoms. The van der Waals surface area contributed by atoms with Crippen LogP contribution in [0.1, 0.15) is 44.4 Å². The molecule has 43 heavy (non-hydrogen) atoms. The van der Waals surface area contributed by atoms with E-state index in [1.165, 1.54) is 6.07 Å². The molecular weight excluding hydrogens is 583 g/mol. The Morgan fingerprint density at radius 2 is 1.91 bits per heavy atom. The number of carbonyl (C=O) groups is 2. The van der Waals surface area contributed by atoms with Gasteiger partial charge in [-0.15, -0.1) is 0 Å². The summed E-state index contributed by atoms with van der Waals surface area (Å²) in [6.45, 7) is 10.3. The Kier molecular flexibility index (Phi) is 9.13. The highest BCUT2D eigenvalue weighted by Gasteiger charge is 2.50. The Morgan fingerprint density at radius 3 is 2.51 bits per heavy atom. The number of carbonyl (C=O) groups excluding carboxylic acids is 1. The molecule has 9 nitrogen and oxygen atoms in total. The van der Waals surface area contributed by atoms with Crippen LogP contribution in [0.4, 0.5) is 24.5 Å². The molecule has 2 heterocycles. The van der Waals surface area contributed by atoms with Gasteiger partial charge in [0.2, 0.25) is 6.54 Å². The van der Waals surface area contributed by atoms with Crippen LogP contribution in [0.2, 0.25) is 0 Å². The SMILES string of the molecule is CCc1cc(N2C(=S)N(c3ccc(C#N)c(C(F)(F)F)c3)C(=O)C2(C)C)ccc1OCCN1CC[N+](CC(=O)O)=C(C)C1. The number of amides is 1. The molecule has 0 saturated carbocycles. The molecule has 1 saturated heterocycles. The molecule has 1 amide bonds. The first-order valence-electron chi connectivity index (χ1n) is 13.8. The number of hydrogen-bond acceptors (Lipinski definition) is 6. The molecule has 4 rings (SSSR count). The molecule has 0 aromatic heterocycles. The molecule has 13 heteroatoms. The lowest BCUT2D eigenvalue weighted by Gasteiger charge is -2.30. The van der Waals surface area contributed by atoms with Crippen LogP contribution in [0.15, 0.2) is 36.4 Å². The maximum Gasteiger partial charge on any atom is 0.417 e. The highest BCUT2D eigenvalue weighted by Crippen LogP contribution is 2.40. The lowest BCUT2D eigenvalue weighted by Crippen LogP contribution is -2.46. The van der Waals surface area contributed by atoms with Gasteiger partial charge in [0.15, 0.2) is 17.4 Å². The van der Waals surface area contributed by atoms with Crippen LogP contribution in [0, 0.1) is 11.3 Å². The molecule has 228 valence electrons. The molecule has 0 atom stereocenters. The topological polar surface area (TPSA) is 100 Å². The Morgan fingerprint density at radius 1 is 1.21 bits per heavy atom. The Balaban J connectivity index is 1.52. The second-order valence-corrected chi connectivity index (χ2v) is 11.3. The summed E-state index contributed by atoms with van der Waals surface area (Å²) < 4.78 is 48.9. The normalized spacial score (nSPS) is 17.4. The fourth-order valence-electron chi connectivity index (χ4n) is 5.39. The van der Waals surface area contributed by atoms with Gasteiger partial charge in [-0.1, -0.05) is 6.92 Å². The number of aryl methyl sites for hydroxylation is 1. The van der Waals surface area contributed by atoms with Crippen LogP contribution >= 0.6 is 12.2 Å². The van der Waals surface area contributed by atoms with Gasteiger partial charge in [-0.2, -0.15) is 18.4 Å². The van der Waals surface area contributed by atoms with E-state index in [0.717, 1.165) is 34.9 Å². The maximum atomic E-state index is 13.6. The van der Waals surface area contributed by atoms with E-state index in [1.807, 2.05) is 24.5 Å². The number of halogens is 3. The van der Waals surface area contributed by atoms with E-state index in [0.29, 0.717) is 44.1 Å². The summed E-state index contributed by atoms with van der Waals surface area (Å²) in [4.78, 5) is 29.5. The largest absolute Gasteiger partial charge is 0.492 e. The number of carboxylic acid groups (broad SMARTS) is 1. The first-order valence-corrected chi connectivity index (χ1v) is 14.2. The summed E-state index contributed by atoms with van der Waals surface area (Å²) >= 11 is 5.66. The first kappa shape index (κ1) is 31.9. The number of nitrogens with zero attached hydrogens (tertiary/aromatic N) is 5. The highest BCUT2D eigenvalue weighted by atomic mass is 32.1. The monoisotopic (exact) mass is 616 g/mol. The van der Waals surface area contributed by atoms with Gasteiger partial charge in [0.1, 0.15) is 17.9 Å². The Bertz CT molecular complexity index is 1530. The minimum Gasteiger partial charge on any atom is -0.492 e. The predicted octanol–water partition coefficient (Wildman–Crippen LogP) is 4.31. The Hall–Kier alpha value is -4.02. The van der Waals surface area contributed by atoms with Crippen LogP contribution in [0.5, 0.6) is 5.75 Å². The number of thiocarbonyl (C=S) groups is 1. The predicted molar refractivity (Wildman–Crippen MR) is 159 cm³/mol. The number of rotatable bonds is 9. The molecule has 0 aliphatic carbocycles. The van der Waals surface area contributed by atoms with Gasteiger partial charge in [-0.25, -0.2) is 9.37 Å². The van der Waals surface area contributed by atoms with Crippen molar-refractivity contribution in [2.45, 2.75) is 45.8 Å². The van der Waals surface area contributed by atoms with Gasteiger partial charge in [0.25, 0.3) is 5.91 Å². The minimum absolute atomic E-state index is 0.00886. The zero-order valence-corrected chi connectivity index (χ0v) is 25.2. The zero-order valence-electron chi connectivity index (χ0n) is 24.4. The second-order valence-electron chi connectivity index (χ2n) is 11.0. The third kappa shape index (κ3) is 6.50. The van der Waals surface area contributed by atoms with Gasteiger partial charge >= 0.3 is 12.1 Å². The highest BCUT2D eigenvalue weighted by molar-refractivity contribution is 7.81. The third-order valence-corrected chi connectivity index (χ3v) is 8.07. The average molecular weight is 617 g/mol. The lowest BCUT2D eigenvalue weighted by molar-refractivity contribution is -0.525. The van der Waals surface area contributed by atoms with E-state index in [-0.39, 0.29) is 17.3 Å². The molecule has 2 aliphatic heterocycles. The first-order chi connectivity index (χ1) is 20.2. The van der Waals surface area contributed by atoms with Crippen LogP contribution in [-0.2, 0) is 22.2 Å². The van der Waals surface area contributed by atoms with Crippen LogP contribution < -0.4 is 14.5 Å². The number of carboxylic acids is 1. The smallest absolute Gasteiger partial charge is 0.417 e. The summed E-state index contributed by atoms with van der Waals surface area (Å²) in [6, 6.07) is 10.1. The van der Waals surface area contributed by atoms with Crippen molar-refractivity contribution in [3.05, 3.63) is 53.1 Å². The maximum absolute atomic E-state index is 13.6. The molecule has 2 aromatic carbocycles. The zero-order chi connectivity index (χ0) is 31.7. The van der Waals surface area contributed by atoms with Gasteiger partial charge in [-0.3, -0.25) is 14.6 Å². The number of aliphatic carboxylic acids is 1. The van der Waals surface area contributed by atoms with E-state index in [9.17, 15) is 22.8 Å². The quantitative estimate of drug-likeness (QED) is 0.329. The molecular formula is C30H33F3N5O4S+. The third-order valence-electron chi connectivity index (χ3n) is 7.71. The Labute approximate surface area is 253 Å². The lowest BCUT2D eigenvalue weighted by atomic mass is 10.0. The summed E-state index contributed by atoms with van der Waals surface area (Å²) in [5, 5.41) is 18.2. The fourth-order valence-corrected chi connectivity index (χ4v) is 5.91. The second kappa shape index (κ2) is 12.3. The van der Waals surface area contributed by atoms with Crippen molar-refractivity contribution in [1.29, 1.82) is 5.26 Å². The minimum atomic E-state index is -4.78. The number of hydrogen-bond donors (Lipinski definition) is 1. The van der Waals surface area contributed by atoms with E-state index in [2.05, 4.69) is 4.90 Å². The van der Waals surface area contributed by atoms with Crippen LogP contribution in [0.3, 0.4) is 0 Å². The molecule has 0 bridgehead atoms. The van der Waals surface area contributed by atoms with Gasteiger partial charge in [-0.05, 0) is 74.4 Å². The standard InChI is InChI=1S/C30H32F3N5O4S/c1-5-20-14-23(8-9-25(20)42-13-12-35-10-11-36(18-26(39)40)19(2)17-35)38-28(43)37(27(41)29(38,3)4)22-7-6-21(16-34)24(15-22)30(31,32)33/h6-9,14-15H,5,10-13,17-18H2,1-4H3/p+1. The van der Waals surface area contributed by atoms with Crippen molar-refractivity contribution in [1.82, 2.24) is 4.90 Å². The van der Waals surface area contributed by atoms with E-state index >= 15 is 0 Å². The van der Waals surface area contributed by atoms with Crippen molar-refractivity contribution >= 4 is 46.3 Å². The number of ether oxygens (including phenoxy) is 1. The fraction of sp³-hybridized carbons (Fsp3) is 0.433. The van der Waals surface area contributed by atoms with Crippen molar-refractivity contribution in [3.63, 3.8) is 0 Å². The average Bonchev–Trinajstić information content (AvgIpc) is 3.12. The summed E-state index contributed by atoms with van der Waals surface area (Å²) in [5.41, 5.74) is -0.479.